The maximum atomic E-state index is 5.25. The van der Waals surface area contributed by atoms with Gasteiger partial charge in [0, 0.05) is 44.4 Å². The van der Waals surface area contributed by atoms with Gasteiger partial charge in [-0.3, -0.25) is 4.99 Å². The topological polar surface area (TPSA) is 66.5 Å². The molecule has 0 aliphatic heterocycles. The lowest BCUT2D eigenvalue weighted by Crippen LogP contribution is -2.40. The number of aromatic nitrogens is 2. The molecule has 0 fully saturated rings. The molecule has 0 saturated heterocycles. The van der Waals surface area contributed by atoms with Crippen molar-refractivity contribution in [3.63, 3.8) is 0 Å². The number of nitrogens with one attached hydrogen (secondary N) is 1. The van der Waals surface area contributed by atoms with Crippen LogP contribution in [0.5, 0.6) is 0 Å². The fourth-order valence-electron chi connectivity index (χ4n) is 2.11. The van der Waals surface area contributed by atoms with E-state index < -0.39 is 0 Å². The smallest absolute Gasteiger partial charge is 0.228 e. The van der Waals surface area contributed by atoms with Gasteiger partial charge in [0.25, 0.3) is 0 Å². The highest BCUT2D eigenvalue weighted by molar-refractivity contribution is 7.09. The van der Waals surface area contributed by atoms with Crippen LogP contribution in [0.25, 0.3) is 0 Å². The van der Waals surface area contributed by atoms with Gasteiger partial charge in [0.05, 0.1) is 0 Å². The Bertz CT molecular complexity index is 606. The summed E-state index contributed by atoms with van der Waals surface area (Å²) in [5.74, 6) is 2.59. The molecule has 2 aromatic heterocycles. The summed E-state index contributed by atoms with van der Waals surface area (Å²) in [6, 6.07) is 4.25. The molecule has 2 heterocycles. The number of guanidine groups is 1. The van der Waals surface area contributed by atoms with E-state index in [1.807, 2.05) is 7.05 Å². The molecule has 0 spiro atoms. The standard InChI is InChI=1S/C16H25N5OS/c1-12(2)15-19-14(22-20-15)7-9-18-16(17-3)21(4)10-8-13-6-5-11-23-13/h5-6,11-12H,7-10H2,1-4H3,(H,17,18). The zero-order chi connectivity index (χ0) is 16.7. The fraction of sp³-hybridized carbons (Fsp3) is 0.562. The number of hydrogen-bond acceptors (Lipinski definition) is 5. The number of rotatable bonds is 7. The first-order valence-electron chi connectivity index (χ1n) is 7.86. The predicted octanol–water partition coefficient (Wildman–Crippen LogP) is 2.55. The second-order valence-electron chi connectivity index (χ2n) is 5.68. The van der Waals surface area contributed by atoms with Crippen LogP contribution in [0, 0.1) is 0 Å². The molecule has 0 unspecified atom stereocenters. The van der Waals surface area contributed by atoms with Gasteiger partial charge in [0.2, 0.25) is 5.89 Å². The third kappa shape index (κ3) is 5.35. The number of likely N-dealkylation sites (N-methyl/N-ethyl adjacent to an activating group) is 1. The molecule has 0 aliphatic carbocycles. The second kappa shape index (κ2) is 8.67. The monoisotopic (exact) mass is 335 g/mol. The van der Waals surface area contributed by atoms with Crippen molar-refractivity contribution in [3.8, 4) is 0 Å². The molecule has 0 saturated carbocycles. The van der Waals surface area contributed by atoms with Crippen molar-refractivity contribution in [2.75, 3.05) is 27.2 Å². The van der Waals surface area contributed by atoms with Gasteiger partial charge in [0.15, 0.2) is 11.8 Å². The SMILES string of the molecule is CN=C(NCCc1nc(C(C)C)no1)N(C)CCc1cccs1. The highest BCUT2D eigenvalue weighted by Gasteiger charge is 2.10. The third-order valence-electron chi connectivity index (χ3n) is 3.47. The van der Waals surface area contributed by atoms with Crippen LogP contribution < -0.4 is 5.32 Å². The Kier molecular flexibility index (Phi) is 6.58. The molecule has 7 heteroatoms. The molecule has 0 bridgehead atoms. The summed E-state index contributed by atoms with van der Waals surface area (Å²) >= 11 is 1.79. The molecule has 2 aromatic rings. The minimum absolute atomic E-state index is 0.289. The van der Waals surface area contributed by atoms with E-state index in [-0.39, 0.29) is 5.92 Å². The van der Waals surface area contributed by atoms with E-state index in [0.29, 0.717) is 12.3 Å². The lowest BCUT2D eigenvalue weighted by Gasteiger charge is -2.21. The van der Waals surface area contributed by atoms with E-state index in [2.05, 4.69) is 56.7 Å². The fourth-order valence-corrected chi connectivity index (χ4v) is 2.81. The molecule has 0 aliphatic rings. The summed E-state index contributed by atoms with van der Waals surface area (Å²) in [4.78, 5) is 12.2. The number of hydrogen-bond donors (Lipinski definition) is 1. The van der Waals surface area contributed by atoms with Crippen LogP contribution in [0.15, 0.2) is 27.0 Å². The molecular formula is C16H25N5OS. The van der Waals surface area contributed by atoms with E-state index in [1.54, 1.807) is 18.4 Å². The summed E-state index contributed by atoms with van der Waals surface area (Å²) in [7, 11) is 3.85. The van der Waals surface area contributed by atoms with Crippen LogP contribution in [0.2, 0.25) is 0 Å². The van der Waals surface area contributed by atoms with Crippen molar-refractivity contribution in [1.29, 1.82) is 0 Å². The molecule has 1 N–H and O–H groups in total. The molecule has 2 rings (SSSR count). The zero-order valence-corrected chi connectivity index (χ0v) is 15.1. The summed E-state index contributed by atoms with van der Waals surface area (Å²) < 4.78 is 5.25. The molecule has 126 valence electrons. The van der Waals surface area contributed by atoms with Crippen LogP contribution in [0.3, 0.4) is 0 Å². The molecular weight excluding hydrogens is 310 g/mol. The van der Waals surface area contributed by atoms with Gasteiger partial charge in [-0.15, -0.1) is 11.3 Å². The summed E-state index contributed by atoms with van der Waals surface area (Å²) in [5.41, 5.74) is 0. The first kappa shape index (κ1) is 17.5. The highest BCUT2D eigenvalue weighted by Crippen LogP contribution is 2.10. The van der Waals surface area contributed by atoms with Gasteiger partial charge < -0.3 is 14.7 Å². The Morgan fingerprint density at radius 1 is 1.43 bits per heavy atom. The Balaban J connectivity index is 1.75. The Labute approximate surface area is 141 Å². The molecule has 0 amide bonds. The number of nitrogens with zero attached hydrogens (tertiary/aromatic N) is 4. The molecule has 23 heavy (non-hydrogen) atoms. The van der Waals surface area contributed by atoms with Crippen molar-refractivity contribution in [2.45, 2.75) is 32.6 Å². The van der Waals surface area contributed by atoms with E-state index in [1.165, 1.54) is 4.88 Å². The first-order chi connectivity index (χ1) is 11.1. The molecule has 0 aromatic carbocycles. The van der Waals surface area contributed by atoms with Gasteiger partial charge in [-0.1, -0.05) is 25.1 Å². The Morgan fingerprint density at radius 2 is 2.26 bits per heavy atom. The molecule has 6 nitrogen and oxygen atoms in total. The maximum Gasteiger partial charge on any atom is 0.228 e. The lowest BCUT2D eigenvalue weighted by molar-refractivity contribution is 0.370. The molecule has 0 radical (unpaired) electrons. The molecule has 0 atom stereocenters. The third-order valence-corrected chi connectivity index (χ3v) is 4.41. The van der Waals surface area contributed by atoms with Gasteiger partial charge >= 0.3 is 0 Å². The maximum absolute atomic E-state index is 5.25. The summed E-state index contributed by atoms with van der Waals surface area (Å²) in [6.07, 6.45) is 1.72. The van der Waals surface area contributed by atoms with Crippen LogP contribution in [-0.4, -0.2) is 48.2 Å². The highest BCUT2D eigenvalue weighted by atomic mass is 32.1. The largest absolute Gasteiger partial charge is 0.356 e. The van der Waals surface area contributed by atoms with E-state index in [9.17, 15) is 0 Å². The normalized spacial score (nSPS) is 12.0. The summed E-state index contributed by atoms with van der Waals surface area (Å²) in [5, 5.41) is 9.42. The number of aliphatic imine (C=N–C) groups is 1. The van der Waals surface area contributed by atoms with Crippen molar-refractivity contribution in [1.82, 2.24) is 20.4 Å². The first-order valence-corrected chi connectivity index (χ1v) is 8.74. The van der Waals surface area contributed by atoms with Gasteiger partial charge in [-0.05, 0) is 17.9 Å². The minimum Gasteiger partial charge on any atom is -0.356 e. The quantitative estimate of drug-likeness (QED) is 0.622. The second-order valence-corrected chi connectivity index (χ2v) is 6.71. The summed E-state index contributed by atoms with van der Waals surface area (Å²) in [6.45, 7) is 5.75. The van der Waals surface area contributed by atoms with Crippen molar-refractivity contribution < 1.29 is 4.52 Å². The average molecular weight is 335 g/mol. The zero-order valence-electron chi connectivity index (χ0n) is 14.2. The van der Waals surface area contributed by atoms with Crippen LogP contribution in [-0.2, 0) is 12.8 Å². The Hall–Kier alpha value is -1.89. The van der Waals surface area contributed by atoms with E-state index >= 15 is 0 Å². The predicted molar refractivity (Wildman–Crippen MR) is 94.1 cm³/mol. The lowest BCUT2D eigenvalue weighted by atomic mass is 10.2. The van der Waals surface area contributed by atoms with Gasteiger partial charge in [-0.2, -0.15) is 4.98 Å². The van der Waals surface area contributed by atoms with E-state index in [0.717, 1.165) is 31.3 Å². The van der Waals surface area contributed by atoms with Crippen molar-refractivity contribution in [2.24, 2.45) is 4.99 Å². The van der Waals surface area contributed by atoms with Crippen molar-refractivity contribution >= 4 is 17.3 Å². The van der Waals surface area contributed by atoms with Crippen LogP contribution in [0.1, 0.15) is 36.4 Å². The van der Waals surface area contributed by atoms with Crippen LogP contribution >= 0.6 is 11.3 Å². The van der Waals surface area contributed by atoms with Crippen LogP contribution in [0.4, 0.5) is 0 Å². The average Bonchev–Trinajstić information content (AvgIpc) is 3.20. The number of thiophene rings is 1. The van der Waals surface area contributed by atoms with Crippen molar-refractivity contribution in [3.05, 3.63) is 34.1 Å². The minimum atomic E-state index is 0.289. The van der Waals surface area contributed by atoms with Gasteiger partial charge in [0.1, 0.15) is 0 Å². The van der Waals surface area contributed by atoms with Gasteiger partial charge in [-0.25, -0.2) is 0 Å². The Morgan fingerprint density at radius 3 is 2.87 bits per heavy atom. The van der Waals surface area contributed by atoms with E-state index in [4.69, 9.17) is 4.52 Å².